The van der Waals surface area contributed by atoms with E-state index in [1.54, 1.807) is 0 Å². The van der Waals surface area contributed by atoms with Gasteiger partial charge < -0.3 is 5.32 Å². The zero-order chi connectivity index (χ0) is 14.8. The second-order valence-corrected chi connectivity index (χ2v) is 7.18. The van der Waals surface area contributed by atoms with Crippen molar-refractivity contribution in [3.8, 4) is 0 Å². The van der Waals surface area contributed by atoms with Gasteiger partial charge in [0.1, 0.15) is 0 Å². The molecule has 0 spiro atoms. The first-order valence-electron chi connectivity index (χ1n) is 7.75. The van der Waals surface area contributed by atoms with Crippen LogP contribution in [0.2, 0.25) is 0 Å². The van der Waals surface area contributed by atoms with Crippen molar-refractivity contribution in [3.63, 3.8) is 0 Å². The lowest BCUT2D eigenvalue weighted by molar-refractivity contribution is 0.0493. The maximum Gasteiger partial charge on any atom is 0.0324 e. The molecule has 3 heteroatoms. The highest BCUT2D eigenvalue weighted by atomic mass is 79.9. The molecule has 0 aromatic heterocycles. The van der Waals surface area contributed by atoms with Gasteiger partial charge in [-0.1, -0.05) is 41.9 Å². The summed E-state index contributed by atoms with van der Waals surface area (Å²) in [6.45, 7) is 11.5. The number of piperazine rings is 1. The molecule has 0 aliphatic carbocycles. The molecule has 3 atom stereocenters. The first-order valence-corrected chi connectivity index (χ1v) is 8.54. The van der Waals surface area contributed by atoms with E-state index in [-0.39, 0.29) is 5.54 Å². The van der Waals surface area contributed by atoms with Gasteiger partial charge in [-0.15, -0.1) is 0 Å². The minimum Gasteiger partial charge on any atom is -0.309 e. The van der Waals surface area contributed by atoms with Gasteiger partial charge in [-0.25, -0.2) is 0 Å². The van der Waals surface area contributed by atoms with E-state index in [0.29, 0.717) is 12.1 Å². The average Bonchev–Trinajstić information content (AvgIpc) is 2.46. The second-order valence-electron chi connectivity index (χ2n) is 6.26. The standard InChI is InChI=1S/C17H27BrN2/c1-5-16-11-19-17(4,6-2)12-20(16)13(3)14-8-7-9-15(18)10-14/h7-10,13,16,19H,5-6,11-12H2,1-4H3. The van der Waals surface area contributed by atoms with E-state index in [4.69, 9.17) is 0 Å². The summed E-state index contributed by atoms with van der Waals surface area (Å²) < 4.78 is 1.17. The molecule has 0 bridgehead atoms. The van der Waals surface area contributed by atoms with E-state index in [2.05, 4.69) is 78.1 Å². The maximum absolute atomic E-state index is 3.74. The molecule has 2 nitrogen and oxygen atoms in total. The monoisotopic (exact) mass is 338 g/mol. The lowest BCUT2D eigenvalue weighted by Gasteiger charge is -2.48. The van der Waals surface area contributed by atoms with Crippen LogP contribution >= 0.6 is 15.9 Å². The topological polar surface area (TPSA) is 15.3 Å². The summed E-state index contributed by atoms with van der Waals surface area (Å²) in [5.74, 6) is 0. The van der Waals surface area contributed by atoms with E-state index < -0.39 is 0 Å². The lowest BCUT2D eigenvalue weighted by atomic mass is 9.90. The predicted molar refractivity (Wildman–Crippen MR) is 90.0 cm³/mol. The Labute approximate surface area is 132 Å². The Morgan fingerprint density at radius 1 is 1.45 bits per heavy atom. The summed E-state index contributed by atoms with van der Waals surface area (Å²) >= 11 is 3.59. The molecule has 0 saturated carbocycles. The highest BCUT2D eigenvalue weighted by Crippen LogP contribution is 2.30. The number of nitrogens with zero attached hydrogens (tertiary/aromatic N) is 1. The van der Waals surface area contributed by atoms with Crippen molar-refractivity contribution in [1.29, 1.82) is 0 Å². The van der Waals surface area contributed by atoms with Gasteiger partial charge in [-0.2, -0.15) is 0 Å². The molecule has 1 N–H and O–H groups in total. The molecule has 1 aliphatic rings. The van der Waals surface area contributed by atoms with Crippen molar-refractivity contribution in [1.82, 2.24) is 10.2 Å². The number of halogens is 1. The van der Waals surface area contributed by atoms with E-state index in [1.807, 2.05) is 0 Å². The van der Waals surface area contributed by atoms with E-state index in [9.17, 15) is 0 Å². The lowest BCUT2D eigenvalue weighted by Crippen LogP contribution is -2.62. The molecule has 112 valence electrons. The molecule has 1 fully saturated rings. The van der Waals surface area contributed by atoms with Crippen molar-refractivity contribution >= 4 is 15.9 Å². The smallest absolute Gasteiger partial charge is 0.0324 e. The fourth-order valence-corrected chi connectivity index (χ4v) is 3.51. The Hall–Kier alpha value is -0.380. The third kappa shape index (κ3) is 3.44. The van der Waals surface area contributed by atoms with Crippen molar-refractivity contribution in [2.75, 3.05) is 13.1 Å². The summed E-state index contributed by atoms with van der Waals surface area (Å²) in [6.07, 6.45) is 2.37. The van der Waals surface area contributed by atoms with E-state index in [0.717, 1.165) is 13.1 Å². The normalized spacial score (nSPS) is 29.4. The Kier molecular flexibility index (Phi) is 5.27. The van der Waals surface area contributed by atoms with Crippen LogP contribution in [0.25, 0.3) is 0 Å². The van der Waals surface area contributed by atoms with Crippen LogP contribution in [-0.2, 0) is 0 Å². The largest absolute Gasteiger partial charge is 0.309 e. The third-order valence-electron chi connectivity index (χ3n) is 4.85. The van der Waals surface area contributed by atoms with Gasteiger partial charge in [-0.05, 0) is 44.4 Å². The van der Waals surface area contributed by atoms with Crippen molar-refractivity contribution in [3.05, 3.63) is 34.3 Å². The summed E-state index contributed by atoms with van der Waals surface area (Å²) in [5.41, 5.74) is 1.64. The van der Waals surface area contributed by atoms with Crippen molar-refractivity contribution < 1.29 is 0 Å². The summed E-state index contributed by atoms with van der Waals surface area (Å²) in [7, 11) is 0. The van der Waals surface area contributed by atoms with Crippen LogP contribution in [0.5, 0.6) is 0 Å². The fraction of sp³-hybridized carbons (Fsp3) is 0.647. The average molecular weight is 339 g/mol. The molecule has 2 rings (SSSR count). The number of rotatable bonds is 4. The number of nitrogens with one attached hydrogen (secondary N) is 1. The minimum atomic E-state index is 0.242. The Balaban J connectivity index is 2.22. The van der Waals surface area contributed by atoms with Gasteiger partial charge in [0.2, 0.25) is 0 Å². The predicted octanol–water partition coefficient (Wildman–Crippen LogP) is 4.36. The number of hydrogen-bond donors (Lipinski definition) is 1. The first-order chi connectivity index (χ1) is 9.49. The minimum absolute atomic E-state index is 0.242. The van der Waals surface area contributed by atoms with E-state index >= 15 is 0 Å². The second kappa shape index (κ2) is 6.59. The summed E-state index contributed by atoms with van der Waals surface area (Å²) in [4.78, 5) is 2.68. The summed E-state index contributed by atoms with van der Waals surface area (Å²) in [6, 6.07) is 9.82. The third-order valence-corrected chi connectivity index (χ3v) is 5.34. The molecule has 0 radical (unpaired) electrons. The van der Waals surface area contributed by atoms with Gasteiger partial charge in [0.25, 0.3) is 0 Å². The zero-order valence-electron chi connectivity index (χ0n) is 13.1. The Morgan fingerprint density at radius 3 is 2.80 bits per heavy atom. The molecule has 1 aromatic rings. The van der Waals surface area contributed by atoms with Gasteiger partial charge in [0.15, 0.2) is 0 Å². The number of benzene rings is 1. The fourth-order valence-electron chi connectivity index (χ4n) is 3.10. The van der Waals surface area contributed by atoms with Crippen LogP contribution in [-0.4, -0.2) is 29.6 Å². The molecule has 3 unspecified atom stereocenters. The Bertz CT molecular complexity index is 448. The summed E-state index contributed by atoms with van der Waals surface area (Å²) in [5, 5.41) is 3.74. The first kappa shape index (κ1) is 16.0. The molecule has 1 aliphatic heterocycles. The molecular formula is C17H27BrN2. The van der Waals surface area contributed by atoms with Gasteiger partial charge >= 0.3 is 0 Å². The van der Waals surface area contributed by atoms with Crippen LogP contribution in [0.15, 0.2) is 28.7 Å². The molecule has 1 aromatic carbocycles. The van der Waals surface area contributed by atoms with Crippen molar-refractivity contribution in [2.45, 2.75) is 58.2 Å². The van der Waals surface area contributed by atoms with Crippen molar-refractivity contribution in [2.24, 2.45) is 0 Å². The molecule has 20 heavy (non-hydrogen) atoms. The highest BCUT2D eigenvalue weighted by Gasteiger charge is 2.36. The Morgan fingerprint density at radius 2 is 2.20 bits per heavy atom. The van der Waals surface area contributed by atoms with Gasteiger partial charge in [0.05, 0.1) is 0 Å². The zero-order valence-corrected chi connectivity index (χ0v) is 14.7. The van der Waals surface area contributed by atoms with E-state index in [1.165, 1.54) is 22.9 Å². The van der Waals surface area contributed by atoms with Crippen LogP contribution in [0.4, 0.5) is 0 Å². The SMILES string of the molecule is CCC1CNC(C)(CC)CN1C(C)c1cccc(Br)c1. The maximum atomic E-state index is 3.74. The highest BCUT2D eigenvalue weighted by molar-refractivity contribution is 9.10. The molecular weight excluding hydrogens is 312 g/mol. The van der Waals surface area contributed by atoms with Gasteiger partial charge in [-0.3, -0.25) is 4.90 Å². The molecule has 1 saturated heterocycles. The molecule has 0 amide bonds. The van der Waals surface area contributed by atoms with Crippen LogP contribution in [0.3, 0.4) is 0 Å². The van der Waals surface area contributed by atoms with Crippen LogP contribution < -0.4 is 5.32 Å². The quantitative estimate of drug-likeness (QED) is 0.877. The van der Waals surface area contributed by atoms with Crippen LogP contribution in [0.1, 0.15) is 52.1 Å². The molecule has 1 heterocycles. The number of hydrogen-bond acceptors (Lipinski definition) is 2. The van der Waals surface area contributed by atoms with Gasteiger partial charge in [0, 0.05) is 35.2 Å². The van der Waals surface area contributed by atoms with Crippen LogP contribution in [0, 0.1) is 0 Å².